The number of fused-ring (bicyclic) bond motifs is 1. The second-order valence-corrected chi connectivity index (χ2v) is 9.20. The van der Waals surface area contributed by atoms with E-state index in [-0.39, 0.29) is 37.3 Å². The molecule has 29 heavy (non-hydrogen) atoms. The van der Waals surface area contributed by atoms with E-state index >= 15 is 0 Å². The Kier molecular flexibility index (Phi) is 4.82. The smallest absolute Gasteiger partial charge is 0.317 e. The van der Waals surface area contributed by atoms with E-state index in [1.807, 2.05) is 23.1 Å². The maximum atomic E-state index is 13.0. The number of para-hydroxylation sites is 1. The molecule has 2 saturated heterocycles. The van der Waals surface area contributed by atoms with E-state index in [1.165, 1.54) is 0 Å². The van der Waals surface area contributed by atoms with Crippen LogP contribution in [0.15, 0.2) is 23.7 Å². The minimum atomic E-state index is -2.51. The summed E-state index contributed by atoms with van der Waals surface area (Å²) < 4.78 is 33.2. The number of amides is 2. The second-order valence-electron chi connectivity index (χ2n) is 8.32. The van der Waals surface area contributed by atoms with Crippen molar-refractivity contribution in [3.63, 3.8) is 0 Å². The minimum absolute atomic E-state index is 0.0168. The molecule has 1 aromatic carbocycles. The third-order valence-corrected chi connectivity index (χ3v) is 6.96. The van der Waals surface area contributed by atoms with E-state index in [1.54, 1.807) is 21.7 Å². The van der Waals surface area contributed by atoms with Crippen LogP contribution in [0.2, 0.25) is 0 Å². The molecular weight excluding hydrogens is 398 g/mol. The van der Waals surface area contributed by atoms with Crippen LogP contribution in [0.4, 0.5) is 13.6 Å². The molecule has 0 bridgehead atoms. The van der Waals surface area contributed by atoms with Crippen LogP contribution in [0.5, 0.6) is 5.75 Å². The molecule has 1 N–H and O–H groups in total. The van der Waals surface area contributed by atoms with Gasteiger partial charge in [-0.15, -0.1) is 11.3 Å². The number of alkyl halides is 2. The summed E-state index contributed by atoms with van der Waals surface area (Å²) in [6.07, 6.45) is 3.40. The molecule has 3 aliphatic rings. The van der Waals surface area contributed by atoms with Crippen molar-refractivity contribution in [1.29, 1.82) is 0 Å². The van der Waals surface area contributed by atoms with E-state index in [9.17, 15) is 13.6 Å². The molecule has 1 aliphatic carbocycles. The van der Waals surface area contributed by atoms with Crippen molar-refractivity contribution in [2.24, 2.45) is 0 Å². The van der Waals surface area contributed by atoms with E-state index in [2.05, 4.69) is 10.3 Å². The molecule has 5 rings (SSSR count). The zero-order valence-corrected chi connectivity index (χ0v) is 16.8. The Labute approximate surface area is 171 Å². The third-order valence-electron chi connectivity index (χ3n) is 6.16. The average Bonchev–Trinajstić information content (AvgIpc) is 3.12. The monoisotopic (exact) mass is 422 g/mol. The van der Waals surface area contributed by atoms with Gasteiger partial charge in [0.25, 0.3) is 5.92 Å². The maximum absolute atomic E-state index is 13.0. The van der Waals surface area contributed by atoms with Gasteiger partial charge in [0.15, 0.2) is 0 Å². The molecule has 156 valence electrons. The number of rotatable bonds is 4. The van der Waals surface area contributed by atoms with Crippen molar-refractivity contribution >= 4 is 27.6 Å². The largest absolute Gasteiger partial charge is 0.484 e. The van der Waals surface area contributed by atoms with Crippen molar-refractivity contribution in [1.82, 2.24) is 20.1 Å². The van der Waals surface area contributed by atoms with Crippen LogP contribution >= 0.6 is 11.3 Å². The lowest BCUT2D eigenvalue weighted by molar-refractivity contribution is -0.150. The fourth-order valence-electron chi connectivity index (χ4n) is 4.47. The van der Waals surface area contributed by atoms with Crippen molar-refractivity contribution in [3.8, 4) is 5.75 Å². The van der Waals surface area contributed by atoms with Crippen LogP contribution < -0.4 is 10.1 Å². The van der Waals surface area contributed by atoms with Crippen molar-refractivity contribution < 1.29 is 18.3 Å². The first kappa shape index (κ1) is 19.0. The summed E-state index contributed by atoms with van der Waals surface area (Å²) in [4.78, 5) is 20.5. The number of likely N-dealkylation sites (tertiary alicyclic amines) is 2. The quantitative estimate of drug-likeness (QED) is 0.821. The lowest BCUT2D eigenvalue weighted by Crippen LogP contribution is -2.62. The summed E-state index contributed by atoms with van der Waals surface area (Å²) in [6.45, 7) is 0.895. The lowest BCUT2D eigenvalue weighted by atomic mass is 9.88. The van der Waals surface area contributed by atoms with Crippen molar-refractivity contribution in [3.05, 3.63) is 23.7 Å². The molecule has 9 heteroatoms. The standard InChI is InChI=1S/C20H24F2N4O2S/c21-20(22)10-26(11-20)14-6-4-13(5-7-14)24-19(27)25-8-15(9-25)28-16-2-1-3-17-18(16)23-12-29-17/h1-3,12-15H,4-11H2,(H,24,27). The topological polar surface area (TPSA) is 57.7 Å². The molecule has 0 unspecified atom stereocenters. The number of hydrogen-bond acceptors (Lipinski definition) is 5. The maximum Gasteiger partial charge on any atom is 0.317 e. The predicted molar refractivity (Wildman–Crippen MR) is 107 cm³/mol. The first-order valence-corrected chi connectivity index (χ1v) is 11.0. The SMILES string of the molecule is O=C(NC1CCC(N2CC(F)(F)C2)CC1)N1CC(Oc2cccc3scnc23)C1. The Morgan fingerprint density at radius 3 is 2.69 bits per heavy atom. The van der Waals surface area contributed by atoms with E-state index in [4.69, 9.17) is 4.74 Å². The van der Waals surface area contributed by atoms with Gasteiger partial charge in [-0.2, -0.15) is 0 Å². The van der Waals surface area contributed by atoms with Gasteiger partial charge in [0.1, 0.15) is 17.4 Å². The fraction of sp³-hybridized carbons (Fsp3) is 0.600. The highest BCUT2D eigenvalue weighted by molar-refractivity contribution is 7.16. The Morgan fingerprint density at radius 1 is 1.21 bits per heavy atom. The average molecular weight is 423 g/mol. The van der Waals surface area contributed by atoms with Crippen LogP contribution in [0.1, 0.15) is 25.7 Å². The molecule has 2 aromatic rings. The Balaban J connectivity index is 1.05. The number of carbonyl (C=O) groups is 1. The summed E-state index contributed by atoms with van der Waals surface area (Å²) in [5.41, 5.74) is 2.68. The molecule has 0 spiro atoms. The van der Waals surface area contributed by atoms with Gasteiger partial charge >= 0.3 is 6.03 Å². The van der Waals surface area contributed by atoms with Crippen molar-refractivity contribution in [2.75, 3.05) is 26.2 Å². The molecule has 0 radical (unpaired) electrons. The number of hydrogen-bond donors (Lipinski definition) is 1. The van der Waals surface area contributed by atoms with Crippen LogP contribution in [0.3, 0.4) is 0 Å². The Morgan fingerprint density at radius 2 is 1.97 bits per heavy atom. The zero-order valence-electron chi connectivity index (χ0n) is 16.0. The molecule has 3 fully saturated rings. The van der Waals surface area contributed by atoms with Gasteiger partial charge in [0.05, 0.1) is 36.4 Å². The van der Waals surface area contributed by atoms with E-state index in [0.717, 1.165) is 41.6 Å². The van der Waals surface area contributed by atoms with E-state index in [0.29, 0.717) is 13.1 Å². The Hall–Kier alpha value is -2.00. The van der Waals surface area contributed by atoms with Gasteiger partial charge in [0.2, 0.25) is 0 Å². The fourth-order valence-corrected chi connectivity index (χ4v) is 5.16. The second kappa shape index (κ2) is 7.36. The first-order valence-electron chi connectivity index (χ1n) is 10.1. The summed E-state index contributed by atoms with van der Waals surface area (Å²) >= 11 is 1.58. The molecule has 2 amide bonds. The summed E-state index contributed by atoms with van der Waals surface area (Å²) in [5.74, 6) is -1.74. The lowest BCUT2D eigenvalue weighted by Gasteiger charge is -2.46. The zero-order chi connectivity index (χ0) is 20.0. The highest BCUT2D eigenvalue weighted by Gasteiger charge is 2.47. The number of carbonyl (C=O) groups excluding carboxylic acids is 1. The van der Waals surface area contributed by atoms with E-state index < -0.39 is 5.92 Å². The molecule has 1 saturated carbocycles. The summed E-state index contributed by atoms with van der Waals surface area (Å²) in [5, 5.41) is 3.10. The molecule has 1 aromatic heterocycles. The van der Waals surface area contributed by atoms with Gasteiger partial charge in [-0.3, -0.25) is 4.90 Å². The number of nitrogens with zero attached hydrogens (tertiary/aromatic N) is 3. The normalized spacial score (nSPS) is 27.3. The number of nitrogens with one attached hydrogen (secondary N) is 1. The number of urea groups is 1. The predicted octanol–water partition coefficient (Wildman–Crippen LogP) is 3.33. The summed E-state index contributed by atoms with van der Waals surface area (Å²) in [7, 11) is 0. The Bertz CT molecular complexity index is 885. The van der Waals surface area contributed by atoms with Gasteiger partial charge in [0, 0.05) is 12.1 Å². The number of halogens is 2. The number of ether oxygens (including phenoxy) is 1. The number of thiazole rings is 1. The van der Waals surface area contributed by atoms with Gasteiger partial charge in [-0.1, -0.05) is 6.07 Å². The summed E-state index contributed by atoms with van der Waals surface area (Å²) in [6, 6.07) is 6.19. The first-order chi connectivity index (χ1) is 14.0. The number of benzene rings is 1. The highest BCUT2D eigenvalue weighted by Crippen LogP contribution is 2.34. The molecule has 6 nitrogen and oxygen atoms in total. The molecule has 2 aliphatic heterocycles. The van der Waals surface area contributed by atoms with Crippen molar-refractivity contribution in [2.45, 2.75) is 49.8 Å². The third kappa shape index (κ3) is 3.90. The minimum Gasteiger partial charge on any atom is -0.484 e. The van der Waals surface area contributed by atoms with Crippen LogP contribution in [-0.4, -0.2) is 71.1 Å². The van der Waals surface area contributed by atoms with Crippen LogP contribution in [0, 0.1) is 0 Å². The van der Waals surface area contributed by atoms with Gasteiger partial charge < -0.3 is 15.0 Å². The molecular formula is C20H24F2N4O2S. The molecule has 0 atom stereocenters. The van der Waals surface area contributed by atoms with Gasteiger partial charge in [-0.25, -0.2) is 18.6 Å². The molecule has 3 heterocycles. The van der Waals surface area contributed by atoms with Crippen LogP contribution in [-0.2, 0) is 0 Å². The number of aromatic nitrogens is 1. The van der Waals surface area contributed by atoms with Crippen LogP contribution in [0.25, 0.3) is 10.2 Å². The van der Waals surface area contributed by atoms with Gasteiger partial charge in [-0.05, 0) is 37.8 Å². The highest BCUT2D eigenvalue weighted by atomic mass is 32.1.